The summed E-state index contributed by atoms with van der Waals surface area (Å²) < 4.78 is 0. The molecular weight excluding hydrogens is 248 g/mol. The standard InChI is InChI=1S/C18H18O2/c1-14(17(19)12-15-8-4-2-5-9-15)18(20)13-16-10-6-3-7-11-16/h2-11,19H,12-13H2,1H3/b17-14-. The number of aliphatic hydroxyl groups is 1. The Balaban J connectivity index is 2.06. The van der Waals surface area contributed by atoms with Gasteiger partial charge in [-0.05, 0) is 18.1 Å². The molecule has 0 aliphatic carbocycles. The van der Waals surface area contributed by atoms with Gasteiger partial charge in [0.25, 0.3) is 0 Å². The average Bonchev–Trinajstić information content (AvgIpc) is 2.48. The van der Waals surface area contributed by atoms with E-state index in [9.17, 15) is 9.90 Å². The monoisotopic (exact) mass is 266 g/mol. The molecule has 2 aromatic carbocycles. The molecule has 2 rings (SSSR count). The maximum Gasteiger partial charge on any atom is 0.166 e. The van der Waals surface area contributed by atoms with Crippen LogP contribution in [0.2, 0.25) is 0 Å². The molecule has 0 bridgehead atoms. The molecule has 0 saturated heterocycles. The van der Waals surface area contributed by atoms with Gasteiger partial charge in [-0.15, -0.1) is 0 Å². The van der Waals surface area contributed by atoms with Gasteiger partial charge in [0.05, 0.1) is 0 Å². The molecule has 2 heteroatoms. The summed E-state index contributed by atoms with van der Waals surface area (Å²) in [4.78, 5) is 12.1. The number of rotatable bonds is 5. The first kappa shape index (κ1) is 14.1. The maximum absolute atomic E-state index is 12.1. The van der Waals surface area contributed by atoms with Crippen molar-refractivity contribution in [3.05, 3.63) is 83.1 Å². The van der Waals surface area contributed by atoms with Crippen LogP contribution >= 0.6 is 0 Å². The van der Waals surface area contributed by atoms with Gasteiger partial charge >= 0.3 is 0 Å². The van der Waals surface area contributed by atoms with E-state index in [4.69, 9.17) is 0 Å². The fourth-order valence-electron chi connectivity index (χ4n) is 2.00. The van der Waals surface area contributed by atoms with E-state index in [2.05, 4.69) is 0 Å². The summed E-state index contributed by atoms with van der Waals surface area (Å²) in [6.45, 7) is 1.68. The van der Waals surface area contributed by atoms with Crippen LogP contribution in [0.4, 0.5) is 0 Å². The molecule has 0 fully saturated rings. The van der Waals surface area contributed by atoms with Gasteiger partial charge in [-0.25, -0.2) is 0 Å². The number of aliphatic hydroxyl groups excluding tert-OH is 1. The lowest BCUT2D eigenvalue weighted by Crippen LogP contribution is -2.08. The van der Waals surface area contributed by atoms with E-state index in [0.717, 1.165) is 11.1 Å². The van der Waals surface area contributed by atoms with E-state index in [1.807, 2.05) is 60.7 Å². The molecule has 2 nitrogen and oxygen atoms in total. The summed E-state index contributed by atoms with van der Waals surface area (Å²) in [5.41, 5.74) is 2.40. The van der Waals surface area contributed by atoms with Crippen molar-refractivity contribution in [2.45, 2.75) is 19.8 Å². The minimum Gasteiger partial charge on any atom is -0.512 e. The van der Waals surface area contributed by atoms with Gasteiger partial charge in [-0.1, -0.05) is 60.7 Å². The predicted octanol–water partition coefficient (Wildman–Crippen LogP) is 3.87. The molecule has 0 saturated carbocycles. The van der Waals surface area contributed by atoms with Crippen molar-refractivity contribution in [3.8, 4) is 0 Å². The topological polar surface area (TPSA) is 37.3 Å². The van der Waals surface area contributed by atoms with E-state index >= 15 is 0 Å². The summed E-state index contributed by atoms with van der Waals surface area (Å²) in [5, 5.41) is 10.1. The molecule has 0 aromatic heterocycles. The molecule has 2 aromatic rings. The second-order valence-corrected chi connectivity index (χ2v) is 4.82. The molecule has 0 amide bonds. The lowest BCUT2D eigenvalue weighted by molar-refractivity contribution is -0.115. The number of hydrogen-bond acceptors (Lipinski definition) is 2. The molecule has 20 heavy (non-hydrogen) atoms. The molecule has 0 heterocycles. The van der Waals surface area contributed by atoms with Gasteiger partial charge in [0, 0.05) is 18.4 Å². The van der Waals surface area contributed by atoms with E-state index in [1.165, 1.54) is 0 Å². The largest absolute Gasteiger partial charge is 0.512 e. The first-order valence-corrected chi connectivity index (χ1v) is 6.66. The highest BCUT2D eigenvalue weighted by molar-refractivity contribution is 5.96. The summed E-state index contributed by atoms with van der Waals surface area (Å²) in [6.07, 6.45) is 0.721. The number of Topliss-reactive ketones (excluding diaryl/α,β-unsaturated/α-hetero) is 1. The molecule has 0 radical (unpaired) electrons. The Bertz CT molecular complexity index is 598. The SMILES string of the molecule is C/C(C(=O)Cc1ccccc1)=C(/O)Cc1ccccc1. The zero-order chi connectivity index (χ0) is 14.4. The third-order valence-corrected chi connectivity index (χ3v) is 3.27. The van der Waals surface area contributed by atoms with Crippen molar-refractivity contribution >= 4 is 5.78 Å². The number of benzene rings is 2. The minimum atomic E-state index is -0.0374. The van der Waals surface area contributed by atoms with Crippen LogP contribution in [0.5, 0.6) is 0 Å². The summed E-state index contributed by atoms with van der Waals surface area (Å²) >= 11 is 0. The van der Waals surface area contributed by atoms with Crippen LogP contribution < -0.4 is 0 Å². The molecule has 0 unspecified atom stereocenters. The van der Waals surface area contributed by atoms with Gasteiger partial charge < -0.3 is 5.11 Å². The minimum absolute atomic E-state index is 0.0374. The summed E-state index contributed by atoms with van der Waals surface area (Å²) in [7, 11) is 0. The molecular formula is C18H18O2. The molecule has 1 N–H and O–H groups in total. The van der Waals surface area contributed by atoms with E-state index in [0.29, 0.717) is 18.4 Å². The van der Waals surface area contributed by atoms with Crippen molar-refractivity contribution in [3.63, 3.8) is 0 Å². The number of carbonyl (C=O) groups is 1. The molecule has 0 spiro atoms. The lowest BCUT2D eigenvalue weighted by atomic mass is 10.0. The van der Waals surface area contributed by atoms with E-state index < -0.39 is 0 Å². The molecule has 0 atom stereocenters. The fraction of sp³-hybridized carbons (Fsp3) is 0.167. The van der Waals surface area contributed by atoms with Crippen molar-refractivity contribution in [2.24, 2.45) is 0 Å². The van der Waals surface area contributed by atoms with E-state index in [-0.39, 0.29) is 11.5 Å². The number of ketones is 1. The van der Waals surface area contributed by atoms with Crippen LogP contribution in [-0.4, -0.2) is 10.9 Å². The third kappa shape index (κ3) is 3.82. The Hall–Kier alpha value is -2.35. The Morgan fingerprint density at radius 3 is 1.80 bits per heavy atom. The Labute approximate surface area is 119 Å². The number of hydrogen-bond donors (Lipinski definition) is 1. The zero-order valence-corrected chi connectivity index (χ0v) is 11.5. The fourth-order valence-corrected chi connectivity index (χ4v) is 2.00. The molecule has 0 aliphatic heterocycles. The van der Waals surface area contributed by atoms with Crippen molar-refractivity contribution in [2.75, 3.05) is 0 Å². The van der Waals surface area contributed by atoms with Gasteiger partial charge in [0.15, 0.2) is 5.78 Å². The van der Waals surface area contributed by atoms with E-state index in [1.54, 1.807) is 6.92 Å². The van der Waals surface area contributed by atoms with Gasteiger partial charge in [0.2, 0.25) is 0 Å². The van der Waals surface area contributed by atoms with Crippen LogP contribution in [0.15, 0.2) is 72.0 Å². The zero-order valence-electron chi connectivity index (χ0n) is 11.5. The van der Waals surface area contributed by atoms with Crippen molar-refractivity contribution in [1.82, 2.24) is 0 Å². The Morgan fingerprint density at radius 1 is 0.850 bits per heavy atom. The van der Waals surface area contributed by atoms with Gasteiger partial charge in [-0.3, -0.25) is 4.79 Å². The molecule has 102 valence electrons. The second kappa shape index (κ2) is 6.71. The first-order valence-electron chi connectivity index (χ1n) is 6.66. The van der Waals surface area contributed by atoms with Gasteiger partial charge in [0.1, 0.15) is 5.76 Å². The predicted molar refractivity (Wildman–Crippen MR) is 80.6 cm³/mol. The highest BCUT2D eigenvalue weighted by atomic mass is 16.3. The van der Waals surface area contributed by atoms with Crippen LogP contribution in [-0.2, 0) is 17.6 Å². The number of allylic oxidation sites excluding steroid dienone is 2. The highest BCUT2D eigenvalue weighted by Gasteiger charge is 2.11. The Kier molecular flexibility index (Phi) is 4.72. The second-order valence-electron chi connectivity index (χ2n) is 4.82. The smallest absolute Gasteiger partial charge is 0.166 e. The third-order valence-electron chi connectivity index (χ3n) is 3.27. The van der Waals surface area contributed by atoms with Gasteiger partial charge in [-0.2, -0.15) is 0 Å². The van der Waals surface area contributed by atoms with Crippen LogP contribution in [0, 0.1) is 0 Å². The Morgan fingerprint density at radius 2 is 1.30 bits per heavy atom. The van der Waals surface area contributed by atoms with Crippen LogP contribution in [0.3, 0.4) is 0 Å². The average molecular weight is 266 g/mol. The van der Waals surface area contributed by atoms with Crippen molar-refractivity contribution < 1.29 is 9.90 Å². The summed E-state index contributed by atoms with van der Waals surface area (Å²) in [6, 6.07) is 19.2. The quantitative estimate of drug-likeness (QED) is 0.659. The maximum atomic E-state index is 12.1. The number of carbonyl (C=O) groups excluding carboxylic acids is 1. The summed E-state index contributed by atoms with van der Waals surface area (Å²) in [5.74, 6) is 0.113. The lowest BCUT2D eigenvalue weighted by Gasteiger charge is -2.06. The first-order chi connectivity index (χ1) is 9.66. The van der Waals surface area contributed by atoms with Crippen LogP contribution in [0.25, 0.3) is 0 Å². The van der Waals surface area contributed by atoms with Crippen molar-refractivity contribution in [1.29, 1.82) is 0 Å². The molecule has 0 aliphatic rings. The van der Waals surface area contributed by atoms with Crippen LogP contribution in [0.1, 0.15) is 18.1 Å². The normalized spacial score (nSPS) is 11.8. The highest BCUT2D eigenvalue weighted by Crippen LogP contribution is 2.12.